The lowest BCUT2D eigenvalue weighted by atomic mass is 9.57. The van der Waals surface area contributed by atoms with E-state index in [0.717, 1.165) is 40.5 Å². The van der Waals surface area contributed by atoms with E-state index in [4.69, 9.17) is 30.0 Å². The molecule has 374 valence electrons. The molecule has 68 heavy (non-hydrogen) atoms. The minimum Gasteiger partial charge on any atom is -0.495 e. The number of likely N-dealkylation sites (N-methyl/N-ethyl adjacent to an activating group) is 3. The van der Waals surface area contributed by atoms with E-state index in [2.05, 4.69) is 98.4 Å². The van der Waals surface area contributed by atoms with Crippen LogP contribution < -0.4 is 14.2 Å². The van der Waals surface area contributed by atoms with E-state index in [1.165, 1.54) is 139 Å². The van der Waals surface area contributed by atoms with E-state index in [-0.39, 0.29) is 10.8 Å². The van der Waals surface area contributed by atoms with Crippen LogP contribution in [0.3, 0.4) is 0 Å². The topological polar surface area (TPSA) is 98.0 Å². The lowest BCUT2D eigenvalue weighted by Gasteiger charge is -2.52. The van der Waals surface area contributed by atoms with Crippen molar-refractivity contribution in [2.24, 2.45) is 0 Å². The Kier molecular flexibility index (Phi) is 18.2. The third-order valence-electron chi connectivity index (χ3n) is 17.8. The number of pyridine rings is 1. The third kappa shape index (κ3) is 9.84. The van der Waals surface area contributed by atoms with Crippen molar-refractivity contribution >= 4 is 11.4 Å². The van der Waals surface area contributed by atoms with E-state index < -0.39 is 0 Å². The average molecular weight is 931 g/mol. The Morgan fingerprint density at radius 2 is 1.21 bits per heavy atom. The molecule has 3 saturated heterocycles. The van der Waals surface area contributed by atoms with Gasteiger partial charge in [-0.3, -0.25) is 9.88 Å². The molecule has 0 radical (unpaired) electrons. The van der Waals surface area contributed by atoms with Gasteiger partial charge in [0.2, 0.25) is 0 Å². The lowest BCUT2D eigenvalue weighted by molar-refractivity contribution is 0.0541. The Balaban J connectivity index is 0.000000162. The number of nitrogens with zero attached hydrogens (tertiary/aromatic N) is 4. The molecule has 9 heteroatoms. The van der Waals surface area contributed by atoms with Crippen molar-refractivity contribution in [2.45, 2.75) is 198 Å². The predicted octanol–water partition coefficient (Wildman–Crippen LogP) is 13.4. The highest BCUT2D eigenvalue weighted by atomic mass is 16.5. The number of methoxy groups -OCH3 is 1. The maximum atomic E-state index is 8.10. The van der Waals surface area contributed by atoms with Crippen LogP contribution in [0.25, 0.3) is 0 Å². The summed E-state index contributed by atoms with van der Waals surface area (Å²) in [5, 5.41) is 16.1. The normalized spacial score (nSPS) is 29.2. The first-order valence-corrected chi connectivity index (χ1v) is 26.9. The Morgan fingerprint density at radius 1 is 0.647 bits per heavy atom. The Bertz CT molecular complexity index is 2190. The fourth-order valence-corrected chi connectivity index (χ4v) is 14.4. The van der Waals surface area contributed by atoms with Crippen LogP contribution >= 0.6 is 0 Å². The van der Waals surface area contributed by atoms with Crippen molar-refractivity contribution in [3.05, 3.63) is 94.7 Å². The molecule has 0 bridgehead atoms. The zero-order chi connectivity index (χ0) is 49.3. The van der Waals surface area contributed by atoms with Gasteiger partial charge in [-0.05, 0) is 166 Å². The first-order valence-electron chi connectivity index (χ1n) is 26.9. The second-order valence-electron chi connectivity index (χ2n) is 20.5. The van der Waals surface area contributed by atoms with Crippen molar-refractivity contribution in [1.29, 1.82) is 10.8 Å². The largest absolute Gasteiger partial charge is 0.495 e. The molecular formula is C59H90N6O3. The summed E-state index contributed by atoms with van der Waals surface area (Å²) in [6.07, 6.45) is 27.1. The molecule has 7 aliphatic rings. The molecule has 0 spiro atoms. The highest BCUT2D eigenvalue weighted by Gasteiger charge is 2.58. The van der Waals surface area contributed by atoms with Crippen LogP contribution in [0.5, 0.6) is 17.2 Å². The van der Waals surface area contributed by atoms with Gasteiger partial charge in [0.25, 0.3) is 0 Å². The Morgan fingerprint density at radius 3 is 1.78 bits per heavy atom. The summed E-state index contributed by atoms with van der Waals surface area (Å²) >= 11 is 0. The van der Waals surface area contributed by atoms with Crippen molar-refractivity contribution < 1.29 is 14.2 Å². The van der Waals surface area contributed by atoms with Gasteiger partial charge in [0.15, 0.2) is 11.5 Å². The molecule has 6 fully saturated rings. The van der Waals surface area contributed by atoms with Crippen molar-refractivity contribution in [3.63, 3.8) is 0 Å². The maximum Gasteiger partial charge on any atom is 0.169 e. The first-order chi connectivity index (χ1) is 32.9. The van der Waals surface area contributed by atoms with E-state index in [9.17, 15) is 0 Å². The fraction of sp³-hybridized carbons (Fsp3) is 0.644. The van der Waals surface area contributed by atoms with Crippen molar-refractivity contribution in [3.8, 4) is 17.2 Å². The van der Waals surface area contributed by atoms with Gasteiger partial charge in [0, 0.05) is 62.6 Å². The number of aromatic nitrogens is 1. The van der Waals surface area contributed by atoms with E-state index in [1.807, 2.05) is 41.5 Å². The maximum absolute atomic E-state index is 8.10. The van der Waals surface area contributed by atoms with Gasteiger partial charge in [-0.2, -0.15) is 0 Å². The number of hydrogen-bond donors (Lipinski definition) is 2. The summed E-state index contributed by atoms with van der Waals surface area (Å²) in [5.41, 5.74) is 9.46. The summed E-state index contributed by atoms with van der Waals surface area (Å²) in [6, 6.07) is 16.7. The van der Waals surface area contributed by atoms with Gasteiger partial charge in [-0.25, -0.2) is 0 Å². The molecule has 2 aromatic carbocycles. The van der Waals surface area contributed by atoms with E-state index >= 15 is 0 Å². The molecule has 2 unspecified atom stereocenters. The van der Waals surface area contributed by atoms with Crippen LogP contribution in [0.2, 0.25) is 0 Å². The Labute approximate surface area is 412 Å². The second-order valence-corrected chi connectivity index (χ2v) is 20.5. The van der Waals surface area contributed by atoms with E-state index in [0.29, 0.717) is 34.5 Å². The molecule has 3 aliphatic carbocycles. The summed E-state index contributed by atoms with van der Waals surface area (Å²) in [4.78, 5) is 12.5. The molecular weight excluding hydrogens is 841 g/mol. The molecule has 10 rings (SSSR count). The highest BCUT2D eigenvalue weighted by Crippen LogP contribution is 2.57. The van der Waals surface area contributed by atoms with Gasteiger partial charge in [0.05, 0.1) is 12.8 Å². The number of benzene rings is 2. The van der Waals surface area contributed by atoms with Crippen molar-refractivity contribution in [1.82, 2.24) is 19.7 Å². The summed E-state index contributed by atoms with van der Waals surface area (Å²) < 4.78 is 16.7. The smallest absolute Gasteiger partial charge is 0.169 e. The number of rotatable bonds is 8. The minimum atomic E-state index is 0.265. The SMILES string of the molecule is CC.CC.CC(=N)c1ccc([C@@]23CCCC[C@@H]2N(C)CC3)cc1C(C)=N.CCc1ncc([C@@]23CCCC[C@]2(CC)N(C)CC3)cc1OC.CN1CCC2(c3ccc4c(c3)OC=CO4)CCCCC12. The molecule has 6 atom stereocenters. The number of likely N-dealkylation sites (tertiary alicyclic amines) is 3. The molecule has 1 aromatic heterocycles. The number of aryl methyl sites for hydroxylation is 1. The lowest BCUT2D eigenvalue weighted by Crippen LogP contribution is -2.56. The third-order valence-corrected chi connectivity index (χ3v) is 17.8. The fourth-order valence-electron chi connectivity index (χ4n) is 14.4. The standard InChI is InChI=1S/C19H27N3.C19H30N2O.C17H21NO2.2C2H6/c1-13(20)16-8-7-15(12-17(16)14(2)21)19-9-5-4-6-18(19)22(3)11-10-19;1-5-16-17(22-4)13-15(14-20-16)18-9-7-8-10-19(18,6-2)21(3)12-11-18;1-18-9-8-17(7-3-2-4-16(17)18)13-5-6-14-15(12-13)20-11-10-19-14;2*1-2/h7-8,12,18,20-21H,4-6,9-11H2,1-3H3;13-14H,5-12H2,1-4H3;5-6,10-12,16H,2-4,7-9H2,1H3;2*1-2H3/t2*18-,19-;;;/m00.../s1. The van der Waals surface area contributed by atoms with Gasteiger partial charge in [-0.1, -0.05) is 98.3 Å². The second kappa shape index (κ2) is 23.2. The van der Waals surface area contributed by atoms with Crippen LogP contribution in [-0.2, 0) is 22.7 Å². The Hall–Kier alpha value is -4.05. The first kappa shape index (κ1) is 53.3. The van der Waals surface area contributed by atoms with Crippen LogP contribution in [0, 0.1) is 10.8 Å². The molecule has 4 aliphatic heterocycles. The molecule has 3 aromatic rings. The average Bonchev–Trinajstić information content (AvgIpc) is 4.04. The molecule has 2 N–H and O–H groups in total. The van der Waals surface area contributed by atoms with Crippen LogP contribution in [0.1, 0.15) is 192 Å². The van der Waals surface area contributed by atoms with Crippen molar-refractivity contribution in [2.75, 3.05) is 47.9 Å². The van der Waals surface area contributed by atoms with Gasteiger partial charge < -0.3 is 34.8 Å². The van der Waals surface area contributed by atoms with E-state index in [1.54, 1.807) is 19.6 Å². The zero-order valence-electron chi connectivity index (χ0n) is 44.6. The van der Waals surface area contributed by atoms with Gasteiger partial charge >= 0.3 is 0 Å². The number of nitrogens with one attached hydrogen (secondary N) is 2. The minimum absolute atomic E-state index is 0.265. The highest BCUT2D eigenvalue weighted by molar-refractivity contribution is 6.09. The summed E-state index contributed by atoms with van der Waals surface area (Å²) in [6.45, 7) is 19.7. The van der Waals surface area contributed by atoms with Gasteiger partial charge in [-0.15, -0.1) is 0 Å². The zero-order valence-corrected chi connectivity index (χ0v) is 44.6. The molecule has 3 saturated carbocycles. The predicted molar refractivity (Wildman–Crippen MR) is 284 cm³/mol. The number of fused-ring (bicyclic) bond motifs is 4. The summed E-state index contributed by atoms with van der Waals surface area (Å²) in [7, 11) is 8.63. The van der Waals surface area contributed by atoms with Gasteiger partial charge in [0.1, 0.15) is 18.3 Å². The van der Waals surface area contributed by atoms with Crippen LogP contribution in [0.15, 0.2) is 61.2 Å². The molecule has 5 heterocycles. The molecule has 9 nitrogen and oxygen atoms in total. The summed E-state index contributed by atoms with van der Waals surface area (Å²) in [5.74, 6) is 2.66. The monoisotopic (exact) mass is 931 g/mol. The number of ether oxygens (including phenoxy) is 3. The van der Waals surface area contributed by atoms with Crippen LogP contribution in [-0.4, -0.2) is 96.6 Å². The quantitative estimate of drug-likeness (QED) is 0.217. The van der Waals surface area contributed by atoms with Crippen LogP contribution in [0.4, 0.5) is 0 Å². The molecule has 0 amide bonds. The number of hydrogen-bond acceptors (Lipinski definition) is 9.